The van der Waals surface area contributed by atoms with Crippen LogP contribution in [0.15, 0.2) is 0 Å². The topological polar surface area (TPSA) is 21.3 Å². The van der Waals surface area contributed by atoms with E-state index in [0.29, 0.717) is 5.92 Å². The first-order valence-corrected chi connectivity index (χ1v) is 6.68. The molecule has 96 valence electrons. The van der Waals surface area contributed by atoms with Crippen LogP contribution in [0.1, 0.15) is 54.4 Å². The molecule has 1 rings (SSSR count). The van der Waals surface area contributed by atoms with Crippen LogP contribution >= 0.6 is 0 Å². The molecule has 2 unspecified atom stereocenters. The molecule has 2 heteroatoms. The van der Waals surface area contributed by atoms with E-state index in [-0.39, 0.29) is 11.2 Å². The molecule has 0 bridgehead atoms. The summed E-state index contributed by atoms with van der Waals surface area (Å²) in [7, 11) is 0. The Kier molecular flexibility index (Phi) is 4.42. The van der Waals surface area contributed by atoms with E-state index in [1.54, 1.807) is 0 Å². The average molecular weight is 227 g/mol. The van der Waals surface area contributed by atoms with Gasteiger partial charge in [0, 0.05) is 13.1 Å². The van der Waals surface area contributed by atoms with Crippen LogP contribution in [0, 0.1) is 11.8 Å². The van der Waals surface area contributed by atoms with E-state index in [1.807, 2.05) is 0 Å². The molecule has 1 aliphatic heterocycles. The van der Waals surface area contributed by atoms with E-state index in [0.717, 1.165) is 25.4 Å². The zero-order valence-corrected chi connectivity index (χ0v) is 11.9. The van der Waals surface area contributed by atoms with E-state index in [2.05, 4.69) is 46.9 Å². The fourth-order valence-corrected chi connectivity index (χ4v) is 2.27. The van der Waals surface area contributed by atoms with Gasteiger partial charge < -0.3 is 10.1 Å². The Morgan fingerprint density at radius 2 is 1.75 bits per heavy atom. The predicted molar refractivity (Wildman–Crippen MR) is 69.7 cm³/mol. The van der Waals surface area contributed by atoms with E-state index < -0.39 is 0 Å². The first kappa shape index (κ1) is 14.0. The van der Waals surface area contributed by atoms with Crippen LogP contribution in [0.2, 0.25) is 0 Å². The van der Waals surface area contributed by atoms with Gasteiger partial charge in [-0.1, -0.05) is 27.7 Å². The van der Waals surface area contributed by atoms with Gasteiger partial charge in [0.25, 0.3) is 0 Å². The fourth-order valence-electron chi connectivity index (χ4n) is 2.27. The second kappa shape index (κ2) is 5.05. The van der Waals surface area contributed by atoms with Crippen molar-refractivity contribution in [1.82, 2.24) is 5.32 Å². The summed E-state index contributed by atoms with van der Waals surface area (Å²) in [6.07, 6.45) is 2.40. The van der Waals surface area contributed by atoms with Gasteiger partial charge in [0.1, 0.15) is 0 Å². The van der Waals surface area contributed by atoms with Crippen LogP contribution in [-0.2, 0) is 4.74 Å². The van der Waals surface area contributed by atoms with Gasteiger partial charge in [0.2, 0.25) is 0 Å². The van der Waals surface area contributed by atoms with Crippen molar-refractivity contribution in [3.8, 4) is 0 Å². The molecule has 1 saturated heterocycles. The van der Waals surface area contributed by atoms with Crippen LogP contribution in [0.3, 0.4) is 0 Å². The summed E-state index contributed by atoms with van der Waals surface area (Å²) < 4.78 is 6.41. The molecule has 16 heavy (non-hydrogen) atoms. The molecular formula is C14H29NO. The summed E-state index contributed by atoms with van der Waals surface area (Å²) in [6.45, 7) is 15.5. The van der Waals surface area contributed by atoms with Crippen LogP contribution in [-0.4, -0.2) is 24.3 Å². The molecule has 0 aromatic rings. The molecule has 2 atom stereocenters. The number of hydrogen-bond donors (Lipinski definition) is 1. The van der Waals surface area contributed by atoms with Crippen molar-refractivity contribution >= 4 is 0 Å². The summed E-state index contributed by atoms with van der Waals surface area (Å²) in [5.74, 6) is 1.31. The number of morpholine rings is 1. The molecule has 0 amide bonds. The van der Waals surface area contributed by atoms with Gasteiger partial charge in [-0.15, -0.1) is 0 Å². The molecule has 2 nitrogen and oxygen atoms in total. The molecular weight excluding hydrogens is 198 g/mol. The van der Waals surface area contributed by atoms with Gasteiger partial charge in [-0.25, -0.2) is 0 Å². The van der Waals surface area contributed by atoms with Crippen LogP contribution in [0.25, 0.3) is 0 Å². The molecule has 1 fully saturated rings. The van der Waals surface area contributed by atoms with E-state index >= 15 is 0 Å². The largest absolute Gasteiger partial charge is 0.366 e. The maximum atomic E-state index is 6.41. The Morgan fingerprint density at radius 1 is 1.12 bits per heavy atom. The molecule has 0 radical (unpaired) electrons. The Balaban J connectivity index is 2.61. The van der Waals surface area contributed by atoms with Crippen LogP contribution < -0.4 is 5.32 Å². The minimum absolute atomic E-state index is 0.00994. The second-order valence-electron chi connectivity index (χ2n) is 6.56. The monoisotopic (exact) mass is 227 g/mol. The SMILES string of the molecule is CC(C)CCC1(C)CNCC(C)(C(C)C)O1. The Labute approximate surface area is 101 Å². The summed E-state index contributed by atoms with van der Waals surface area (Å²) >= 11 is 0. The normalized spacial score (nSPS) is 36.0. The number of rotatable bonds is 4. The van der Waals surface area contributed by atoms with Crippen molar-refractivity contribution in [3.63, 3.8) is 0 Å². The van der Waals surface area contributed by atoms with E-state index in [4.69, 9.17) is 4.74 Å². The minimum Gasteiger partial charge on any atom is -0.366 e. The Hall–Kier alpha value is -0.0800. The maximum absolute atomic E-state index is 6.41. The van der Waals surface area contributed by atoms with Gasteiger partial charge in [-0.05, 0) is 38.5 Å². The molecule has 0 aliphatic carbocycles. The van der Waals surface area contributed by atoms with Gasteiger partial charge in [-0.2, -0.15) is 0 Å². The lowest BCUT2D eigenvalue weighted by Gasteiger charge is -2.48. The molecule has 1 N–H and O–H groups in total. The first-order chi connectivity index (χ1) is 7.27. The van der Waals surface area contributed by atoms with Crippen molar-refractivity contribution in [1.29, 1.82) is 0 Å². The predicted octanol–water partition coefficient (Wildman–Crippen LogP) is 3.22. The molecule has 0 aromatic carbocycles. The van der Waals surface area contributed by atoms with Gasteiger partial charge in [0.05, 0.1) is 11.2 Å². The minimum atomic E-state index is -0.00994. The van der Waals surface area contributed by atoms with E-state index in [1.165, 1.54) is 6.42 Å². The van der Waals surface area contributed by atoms with E-state index in [9.17, 15) is 0 Å². The highest BCUT2D eigenvalue weighted by Gasteiger charge is 2.41. The quantitative estimate of drug-likeness (QED) is 0.796. The van der Waals surface area contributed by atoms with Crippen molar-refractivity contribution in [2.24, 2.45) is 11.8 Å². The molecule has 0 spiro atoms. The van der Waals surface area contributed by atoms with Crippen LogP contribution in [0.5, 0.6) is 0 Å². The fraction of sp³-hybridized carbons (Fsp3) is 1.00. The third-order valence-electron chi connectivity index (χ3n) is 3.93. The number of ether oxygens (including phenoxy) is 1. The van der Waals surface area contributed by atoms with Gasteiger partial charge in [0.15, 0.2) is 0 Å². The molecule has 0 saturated carbocycles. The van der Waals surface area contributed by atoms with Crippen molar-refractivity contribution in [2.45, 2.75) is 65.6 Å². The zero-order chi connectivity index (χ0) is 12.4. The third kappa shape index (κ3) is 3.46. The van der Waals surface area contributed by atoms with Gasteiger partial charge >= 0.3 is 0 Å². The molecule has 1 heterocycles. The highest BCUT2D eigenvalue weighted by Crippen LogP contribution is 2.33. The Bertz CT molecular complexity index is 227. The van der Waals surface area contributed by atoms with Crippen molar-refractivity contribution in [2.75, 3.05) is 13.1 Å². The van der Waals surface area contributed by atoms with Crippen molar-refractivity contribution in [3.05, 3.63) is 0 Å². The summed E-state index contributed by atoms with van der Waals surface area (Å²) in [5.41, 5.74) is 0.00548. The zero-order valence-electron chi connectivity index (χ0n) is 11.9. The first-order valence-electron chi connectivity index (χ1n) is 6.68. The summed E-state index contributed by atoms with van der Waals surface area (Å²) in [4.78, 5) is 0. The Morgan fingerprint density at radius 3 is 2.25 bits per heavy atom. The smallest absolute Gasteiger partial charge is 0.0809 e. The van der Waals surface area contributed by atoms with Crippen LogP contribution in [0.4, 0.5) is 0 Å². The lowest BCUT2D eigenvalue weighted by atomic mass is 9.86. The number of hydrogen-bond acceptors (Lipinski definition) is 2. The summed E-state index contributed by atoms with van der Waals surface area (Å²) in [5, 5.41) is 3.55. The lowest BCUT2D eigenvalue weighted by molar-refractivity contribution is -0.184. The highest BCUT2D eigenvalue weighted by molar-refractivity contribution is 4.93. The van der Waals surface area contributed by atoms with Gasteiger partial charge in [-0.3, -0.25) is 0 Å². The highest BCUT2D eigenvalue weighted by atomic mass is 16.5. The second-order valence-corrected chi connectivity index (χ2v) is 6.56. The summed E-state index contributed by atoms with van der Waals surface area (Å²) in [6, 6.07) is 0. The lowest BCUT2D eigenvalue weighted by Crippen LogP contribution is -2.60. The maximum Gasteiger partial charge on any atom is 0.0809 e. The standard InChI is InChI=1S/C14H29NO/c1-11(2)7-8-13(5)9-15-10-14(6,16-13)12(3)4/h11-12,15H,7-10H2,1-6H3. The molecule has 1 aliphatic rings. The molecule has 0 aromatic heterocycles. The number of nitrogens with one attached hydrogen (secondary N) is 1. The van der Waals surface area contributed by atoms with Crippen molar-refractivity contribution < 1.29 is 4.74 Å². The average Bonchev–Trinajstić information content (AvgIpc) is 2.14. The third-order valence-corrected chi connectivity index (χ3v) is 3.93.